The van der Waals surface area contributed by atoms with Crippen LogP contribution < -0.4 is 10.6 Å². The number of ether oxygens (including phenoxy) is 2. The summed E-state index contributed by atoms with van der Waals surface area (Å²) in [5.41, 5.74) is 3.45. The Bertz CT molecular complexity index is 748. The van der Waals surface area contributed by atoms with E-state index in [2.05, 4.69) is 60.7 Å². The highest BCUT2D eigenvalue weighted by Crippen LogP contribution is 2.16. The van der Waals surface area contributed by atoms with E-state index in [4.69, 9.17) is 14.5 Å². The van der Waals surface area contributed by atoms with Crippen LogP contribution in [0, 0.1) is 13.8 Å². The Morgan fingerprint density at radius 1 is 1.10 bits per heavy atom. The van der Waals surface area contributed by atoms with Gasteiger partial charge in [-0.3, -0.25) is 0 Å². The number of aryl methyl sites for hydroxylation is 2. The van der Waals surface area contributed by atoms with E-state index in [0.29, 0.717) is 26.4 Å². The zero-order valence-electron chi connectivity index (χ0n) is 18.5. The number of rotatable bonds is 12. The minimum atomic E-state index is 0. The third-order valence-electron chi connectivity index (χ3n) is 4.30. The second-order valence-corrected chi connectivity index (χ2v) is 7.98. The summed E-state index contributed by atoms with van der Waals surface area (Å²) in [6, 6.07) is 8.38. The van der Waals surface area contributed by atoms with E-state index in [0.717, 1.165) is 43.3 Å². The molecular weight excluding hydrogens is 511 g/mol. The van der Waals surface area contributed by atoms with Crippen LogP contribution in [-0.2, 0) is 29.0 Å². The van der Waals surface area contributed by atoms with E-state index >= 15 is 0 Å². The first-order valence-corrected chi connectivity index (χ1v) is 11.1. The number of nitrogens with one attached hydrogen (secondary N) is 2. The van der Waals surface area contributed by atoms with Crippen LogP contribution in [0.15, 0.2) is 29.3 Å². The Morgan fingerprint density at radius 3 is 2.57 bits per heavy atom. The van der Waals surface area contributed by atoms with Crippen molar-refractivity contribution in [2.24, 2.45) is 4.99 Å². The van der Waals surface area contributed by atoms with Gasteiger partial charge in [-0.05, 0) is 38.8 Å². The number of halogens is 1. The van der Waals surface area contributed by atoms with Gasteiger partial charge >= 0.3 is 0 Å². The lowest BCUT2D eigenvalue weighted by Crippen LogP contribution is -2.38. The molecule has 0 aliphatic heterocycles. The maximum atomic E-state index is 5.66. The number of hydrogen-bond acceptors (Lipinski definition) is 5. The molecule has 2 N–H and O–H groups in total. The van der Waals surface area contributed by atoms with Crippen molar-refractivity contribution < 1.29 is 9.47 Å². The fourth-order valence-corrected chi connectivity index (χ4v) is 3.65. The molecule has 0 atom stereocenters. The summed E-state index contributed by atoms with van der Waals surface area (Å²) < 4.78 is 10.9. The molecule has 0 radical (unpaired) electrons. The Kier molecular flexibility index (Phi) is 13.9. The summed E-state index contributed by atoms with van der Waals surface area (Å²) in [6.45, 7) is 13.1. The summed E-state index contributed by atoms with van der Waals surface area (Å²) in [6.07, 6.45) is 0.901. The Balaban J connectivity index is 0.00000450. The predicted octanol–water partition coefficient (Wildman–Crippen LogP) is 4.23. The van der Waals surface area contributed by atoms with E-state index < -0.39 is 0 Å². The smallest absolute Gasteiger partial charge is 0.191 e. The van der Waals surface area contributed by atoms with Crippen molar-refractivity contribution in [3.05, 3.63) is 51.0 Å². The zero-order chi connectivity index (χ0) is 20.9. The third-order valence-corrected chi connectivity index (χ3v) is 5.44. The largest absolute Gasteiger partial charge is 0.379 e. The lowest BCUT2D eigenvalue weighted by molar-refractivity contribution is 0.0453. The third kappa shape index (κ3) is 10.2. The average molecular weight is 547 g/mol. The number of nitrogens with zero attached hydrogens (tertiary/aromatic N) is 2. The highest BCUT2D eigenvalue weighted by molar-refractivity contribution is 14.0. The van der Waals surface area contributed by atoms with Crippen molar-refractivity contribution in [2.75, 3.05) is 32.9 Å². The fraction of sp³-hybridized carbons (Fsp3) is 0.545. The highest BCUT2D eigenvalue weighted by Gasteiger charge is 2.04. The van der Waals surface area contributed by atoms with E-state index in [1.807, 2.05) is 6.92 Å². The van der Waals surface area contributed by atoms with Crippen LogP contribution in [-0.4, -0.2) is 43.9 Å². The van der Waals surface area contributed by atoms with Crippen molar-refractivity contribution >= 4 is 41.3 Å². The van der Waals surface area contributed by atoms with E-state index in [9.17, 15) is 0 Å². The van der Waals surface area contributed by atoms with Gasteiger partial charge in [-0.1, -0.05) is 24.3 Å². The van der Waals surface area contributed by atoms with Gasteiger partial charge in [0.1, 0.15) is 0 Å². The molecule has 0 fully saturated rings. The normalized spacial score (nSPS) is 11.3. The maximum absolute atomic E-state index is 5.66. The van der Waals surface area contributed by atoms with Gasteiger partial charge in [-0.15, -0.1) is 35.3 Å². The molecule has 0 saturated carbocycles. The van der Waals surface area contributed by atoms with Crippen LogP contribution >= 0.6 is 35.3 Å². The first-order valence-electron chi connectivity index (χ1n) is 10.3. The molecule has 0 aliphatic rings. The van der Waals surface area contributed by atoms with Crippen LogP contribution in [0.3, 0.4) is 0 Å². The number of hydrogen-bond donors (Lipinski definition) is 2. The molecule has 1 aromatic carbocycles. The van der Waals surface area contributed by atoms with Gasteiger partial charge < -0.3 is 20.1 Å². The van der Waals surface area contributed by atoms with Gasteiger partial charge in [0.25, 0.3) is 0 Å². The van der Waals surface area contributed by atoms with E-state index in [1.165, 1.54) is 15.4 Å². The molecule has 0 spiro atoms. The zero-order valence-corrected chi connectivity index (χ0v) is 21.6. The molecule has 1 aromatic heterocycles. The molecule has 6 nitrogen and oxygen atoms in total. The van der Waals surface area contributed by atoms with Gasteiger partial charge in [0, 0.05) is 31.0 Å². The van der Waals surface area contributed by atoms with Crippen molar-refractivity contribution in [1.82, 2.24) is 15.6 Å². The van der Waals surface area contributed by atoms with Gasteiger partial charge in [0.15, 0.2) is 5.96 Å². The maximum Gasteiger partial charge on any atom is 0.191 e. The molecule has 2 aromatic rings. The van der Waals surface area contributed by atoms with Crippen LogP contribution in [0.2, 0.25) is 0 Å². The summed E-state index contributed by atoms with van der Waals surface area (Å²) in [7, 11) is 0. The Hall–Kier alpha value is -1.23. The summed E-state index contributed by atoms with van der Waals surface area (Å²) in [5, 5.41) is 7.88. The van der Waals surface area contributed by atoms with Crippen molar-refractivity contribution in [2.45, 2.75) is 47.3 Å². The number of aliphatic imine (C=N–C) groups is 1. The molecule has 0 amide bonds. The lowest BCUT2D eigenvalue weighted by Gasteiger charge is -2.11. The fourth-order valence-electron chi connectivity index (χ4n) is 2.72. The van der Waals surface area contributed by atoms with Crippen LogP contribution in [0.25, 0.3) is 0 Å². The molecule has 0 unspecified atom stereocenters. The first kappa shape index (κ1) is 26.8. The van der Waals surface area contributed by atoms with Crippen LogP contribution in [0.5, 0.6) is 0 Å². The molecule has 0 saturated heterocycles. The molecule has 30 heavy (non-hydrogen) atoms. The molecule has 168 valence electrons. The molecule has 1 heterocycles. The molecule has 2 rings (SSSR count). The van der Waals surface area contributed by atoms with Crippen molar-refractivity contribution in [3.63, 3.8) is 0 Å². The number of aromatic nitrogens is 1. The second kappa shape index (κ2) is 15.6. The van der Waals surface area contributed by atoms with Gasteiger partial charge in [-0.25, -0.2) is 9.98 Å². The van der Waals surface area contributed by atoms with Crippen LogP contribution in [0.4, 0.5) is 0 Å². The number of guanidine groups is 1. The summed E-state index contributed by atoms with van der Waals surface area (Å²) >= 11 is 1.77. The lowest BCUT2D eigenvalue weighted by atomic mass is 10.1. The Morgan fingerprint density at radius 2 is 1.87 bits per heavy atom. The SMILES string of the molecule is CCNC(=NCc1cccc(COCCOCC)c1)NCCc1nc(C)c(C)s1.I. The standard InChI is InChI=1S/C22H34N4O2S.HI/c1-5-23-22(24-11-10-21-26-17(3)18(4)29-21)25-15-19-8-7-9-20(14-19)16-28-13-12-27-6-2;/h7-9,14H,5-6,10-13,15-16H2,1-4H3,(H2,23,24,25);1H. The quantitative estimate of drug-likeness (QED) is 0.181. The average Bonchev–Trinajstić information content (AvgIpc) is 3.03. The molecule has 8 heteroatoms. The predicted molar refractivity (Wildman–Crippen MR) is 136 cm³/mol. The topological polar surface area (TPSA) is 67.8 Å². The van der Waals surface area contributed by atoms with E-state index in [-0.39, 0.29) is 24.0 Å². The van der Waals surface area contributed by atoms with Gasteiger partial charge in [-0.2, -0.15) is 0 Å². The number of benzene rings is 1. The minimum Gasteiger partial charge on any atom is -0.379 e. The van der Waals surface area contributed by atoms with Crippen molar-refractivity contribution in [3.8, 4) is 0 Å². The number of thiazole rings is 1. The van der Waals surface area contributed by atoms with Crippen LogP contribution in [0.1, 0.15) is 40.6 Å². The molecular formula is C22H35IN4O2S. The summed E-state index contributed by atoms with van der Waals surface area (Å²) in [5.74, 6) is 0.830. The van der Waals surface area contributed by atoms with Gasteiger partial charge in [0.05, 0.1) is 37.1 Å². The highest BCUT2D eigenvalue weighted by atomic mass is 127. The van der Waals surface area contributed by atoms with E-state index in [1.54, 1.807) is 11.3 Å². The monoisotopic (exact) mass is 546 g/mol. The molecule has 0 aliphatic carbocycles. The van der Waals surface area contributed by atoms with Gasteiger partial charge in [0.2, 0.25) is 0 Å². The minimum absolute atomic E-state index is 0. The second-order valence-electron chi connectivity index (χ2n) is 6.69. The first-order chi connectivity index (χ1) is 14.1. The molecule has 0 bridgehead atoms. The summed E-state index contributed by atoms with van der Waals surface area (Å²) in [4.78, 5) is 10.6. The van der Waals surface area contributed by atoms with Crippen molar-refractivity contribution in [1.29, 1.82) is 0 Å². The Labute approximate surface area is 201 Å².